The van der Waals surface area contributed by atoms with Crippen molar-refractivity contribution in [2.75, 3.05) is 18.1 Å². The molecule has 0 heterocycles. The Morgan fingerprint density at radius 1 is 1.42 bits per heavy atom. The second-order valence-corrected chi connectivity index (χ2v) is 6.06. The molecule has 1 aromatic rings. The molecular weight excluding hydrogens is 330 g/mol. The molecule has 4 nitrogen and oxygen atoms in total. The minimum absolute atomic E-state index is 0.0404. The first-order chi connectivity index (χ1) is 8.99. The van der Waals surface area contributed by atoms with Crippen LogP contribution in [0.15, 0.2) is 22.7 Å². The predicted molar refractivity (Wildman–Crippen MR) is 80.6 cm³/mol. The lowest BCUT2D eigenvalue weighted by Gasteiger charge is -2.07. The van der Waals surface area contributed by atoms with Crippen molar-refractivity contribution in [1.29, 1.82) is 0 Å². The average molecular weight is 346 g/mol. The molecule has 1 amide bonds. The molecule has 0 saturated heterocycles. The molecule has 0 saturated carbocycles. The maximum absolute atomic E-state index is 11.7. The number of hydrogen-bond donors (Lipinski definition) is 2. The highest BCUT2D eigenvalue weighted by Crippen LogP contribution is 2.16. The van der Waals surface area contributed by atoms with Crippen molar-refractivity contribution in [2.45, 2.75) is 13.3 Å². The lowest BCUT2D eigenvalue weighted by Crippen LogP contribution is -2.27. The number of halogens is 1. The summed E-state index contributed by atoms with van der Waals surface area (Å²) < 4.78 is 0.999. The number of thioether (sulfide) groups is 1. The number of carbonyl (C=O) groups excluding carboxylic acids is 1. The summed E-state index contributed by atoms with van der Waals surface area (Å²) >= 11 is 4.68. The summed E-state index contributed by atoms with van der Waals surface area (Å²) in [5.41, 5.74) is 2.07. The fourth-order valence-corrected chi connectivity index (χ4v) is 2.56. The molecule has 0 aliphatic carbocycles. The van der Waals surface area contributed by atoms with Gasteiger partial charge in [-0.15, -0.1) is 11.8 Å². The first-order valence-electron chi connectivity index (χ1n) is 5.80. The highest BCUT2D eigenvalue weighted by Gasteiger charge is 2.06. The van der Waals surface area contributed by atoms with Crippen LogP contribution in [0, 0.1) is 6.92 Å². The minimum atomic E-state index is -0.832. The van der Waals surface area contributed by atoms with Gasteiger partial charge in [-0.3, -0.25) is 9.59 Å². The molecule has 2 N–H and O–H groups in total. The number of rotatable bonds is 7. The fourth-order valence-electron chi connectivity index (χ4n) is 1.52. The number of carbonyl (C=O) groups is 2. The van der Waals surface area contributed by atoms with E-state index in [2.05, 4.69) is 21.2 Å². The van der Waals surface area contributed by atoms with E-state index in [4.69, 9.17) is 5.11 Å². The Balaban J connectivity index is 2.29. The van der Waals surface area contributed by atoms with Crippen LogP contribution in [0.3, 0.4) is 0 Å². The highest BCUT2D eigenvalue weighted by atomic mass is 79.9. The van der Waals surface area contributed by atoms with Crippen molar-refractivity contribution >= 4 is 39.6 Å². The Morgan fingerprint density at radius 3 is 2.79 bits per heavy atom. The lowest BCUT2D eigenvalue weighted by atomic mass is 10.1. The number of aryl methyl sites for hydroxylation is 1. The number of carboxylic acid groups (broad SMARTS) is 1. The van der Waals surface area contributed by atoms with Crippen LogP contribution in [-0.2, 0) is 16.0 Å². The molecule has 0 spiro atoms. The van der Waals surface area contributed by atoms with E-state index in [1.165, 1.54) is 11.8 Å². The Bertz CT molecular complexity index is 465. The summed E-state index contributed by atoms with van der Waals surface area (Å²) in [4.78, 5) is 22.0. The van der Waals surface area contributed by atoms with Crippen LogP contribution in [0.1, 0.15) is 11.1 Å². The number of carboxylic acids is 1. The van der Waals surface area contributed by atoms with E-state index in [9.17, 15) is 9.59 Å². The molecule has 0 fully saturated rings. The summed E-state index contributed by atoms with van der Waals surface area (Å²) in [6.07, 6.45) is 0.350. The Kier molecular flexibility index (Phi) is 6.94. The highest BCUT2D eigenvalue weighted by molar-refractivity contribution is 9.10. The molecule has 6 heteroatoms. The molecule has 0 aromatic heterocycles. The third kappa shape index (κ3) is 6.63. The smallest absolute Gasteiger partial charge is 0.313 e. The molecular formula is C13H16BrNO3S. The van der Waals surface area contributed by atoms with Crippen molar-refractivity contribution in [2.24, 2.45) is 0 Å². The lowest BCUT2D eigenvalue weighted by molar-refractivity contribution is -0.133. The Hall–Kier alpha value is -1.01. The third-order valence-corrected chi connectivity index (χ3v) is 3.89. The van der Waals surface area contributed by atoms with E-state index in [1.807, 2.05) is 25.1 Å². The zero-order valence-corrected chi connectivity index (χ0v) is 13.0. The molecule has 1 aromatic carbocycles. The molecule has 0 aliphatic heterocycles. The molecule has 104 valence electrons. The van der Waals surface area contributed by atoms with E-state index < -0.39 is 5.97 Å². The molecule has 0 atom stereocenters. The number of aliphatic carboxylic acids is 1. The molecule has 0 aliphatic rings. The fraction of sp³-hybridized carbons (Fsp3) is 0.385. The van der Waals surface area contributed by atoms with Gasteiger partial charge in [0.2, 0.25) is 5.91 Å². The van der Waals surface area contributed by atoms with E-state index >= 15 is 0 Å². The van der Waals surface area contributed by atoms with Crippen molar-refractivity contribution in [3.63, 3.8) is 0 Å². The first kappa shape index (κ1) is 16.0. The Morgan fingerprint density at radius 2 is 2.16 bits per heavy atom. The van der Waals surface area contributed by atoms with Gasteiger partial charge in [0.25, 0.3) is 0 Å². The van der Waals surface area contributed by atoms with Gasteiger partial charge in [0.05, 0.1) is 12.2 Å². The van der Waals surface area contributed by atoms with Gasteiger partial charge < -0.3 is 10.4 Å². The topological polar surface area (TPSA) is 66.4 Å². The molecule has 19 heavy (non-hydrogen) atoms. The third-order valence-electron chi connectivity index (χ3n) is 2.45. The Labute approximate surface area is 125 Å². The zero-order valence-electron chi connectivity index (χ0n) is 10.6. The average Bonchev–Trinajstić information content (AvgIpc) is 2.32. The maximum Gasteiger partial charge on any atom is 0.313 e. The largest absolute Gasteiger partial charge is 0.481 e. The monoisotopic (exact) mass is 345 g/mol. The molecule has 0 unspecified atom stereocenters. The number of nitrogens with one attached hydrogen (secondary N) is 1. The number of hydrogen-bond acceptors (Lipinski definition) is 3. The van der Waals surface area contributed by atoms with Crippen LogP contribution in [0.4, 0.5) is 0 Å². The second-order valence-electron chi connectivity index (χ2n) is 4.04. The molecule has 0 radical (unpaired) electrons. The normalized spacial score (nSPS) is 10.2. The maximum atomic E-state index is 11.7. The molecule has 1 rings (SSSR count). The van der Waals surface area contributed by atoms with E-state index in [0.29, 0.717) is 18.7 Å². The summed E-state index contributed by atoms with van der Waals surface area (Å²) in [5, 5.41) is 11.2. The van der Waals surface area contributed by atoms with Crippen molar-refractivity contribution in [3.05, 3.63) is 33.8 Å². The van der Waals surface area contributed by atoms with E-state index in [1.54, 1.807) is 0 Å². The quantitative estimate of drug-likeness (QED) is 0.743. The van der Waals surface area contributed by atoms with Crippen LogP contribution in [-0.4, -0.2) is 35.0 Å². The van der Waals surface area contributed by atoms with Crippen LogP contribution >= 0.6 is 27.7 Å². The summed E-state index contributed by atoms with van der Waals surface area (Å²) in [6.45, 7) is 2.46. The standard InChI is InChI=1S/C13H16BrNO3S/c1-9-6-11(14)3-2-10(9)7-12(16)15-4-5-19-8-13(17)18/h2-3,6H,4-5,7-8H2,1H3,(H,15,16)(H,17,18). The van der Waals surface area contributed by atoms with Gasteiger partial charge in [-0.2, -0.15) is 0 Å². The second kappa shape index (κ2) is 8.22. The number of amides is 1. The van der Waals surface area contributed by atoms with Crippen LogP contribution in [0.25, 0.3) is 0 Å². The van der Waals surface area contributed by atoms with Crippen molar-refractivity contribution in [3.8, 4) is 0 Å². The zero-order chi connectivity index (χ0) is 14.3. The first-order valence-corrected chi connectivity index (χ1v) is 7.75. The van der Waals surface area contributed by atoms with E-state index in [0.717, 1.165) is 15.6 Å². The van der Waals surface area contributed by atoms with Gasteiger partial charge in [-0.05, 0) is 30.2 Å². The van der Waals surface area contributed by atoms with Gasteiger partial charge in [0.1, 0.15) is 0 Å². The summed E-state index contributed by atoms with van der Waals surface area (Å²) in [6, 6.07) is 5.82. The van der Waals surface area contributed by atoms with Gasteiger partial charge in [-0.25, -0.2) is 0 Å². The van der Waals surface area contributed by atoms with Crippen LogP contribution in [0.2, 0.25) is 0 Å². The summed E-state index contributed by atoms with van der Waals surface area (Å²) in [5.74, 6) is -0.192. The predicted octanol–water partition coefficient (Wildman–Crippen LogP) is 2.23. The van der Waals surface area contributed by atoms with Crippen LogP contribution < -0.4 is 5.32 Å². The van der Waals surface area contributed by atoms with Crippen molar-refractivity contribution < 1.29 is 14.7 Å². The molecule has 0 bridgehead atoms. The van der Waals surface area contributed by atoms with Crippen LogP contribution in [0.5, 0.6) is 0 Å². The van der Waals surface area contributed by atoms with Gasteiger partial charge in [0.15, 0.2) is 0 Å². The minimum Gasteiger partial charge on any atom is -0.481 e. The summed E-state index contributed by atoms with van der Waals surface area (Å²) in [7, 11) is 0. The van der Waals surface area contributed by atoms with E-state index in [-0.39, 0.29) is 11.7 Å². The van der Waals surface area contributed by atoms with Gasteiger partial charge >= 0.3 is 5.97 Å². The SMILES string of the molecule is Cc1cc(Br)ccc1CC(=O)NCCSCC(=O)O. The van der Waals surface area contributed by atoms with Gasteiger partial charge in [-0.1, -0.05) is 22.0 Å². The number of benzene rings is 1. The van der Waals surface area contributed by atoms with Gasteiger partial charge in [0, 0.05) is 16.8 Å². The van der Waals surface area contributed by atoms with Crippen molar-refractivity contribution in [1.82, 2.24) is 5.32 Å².